The average Bonchev–Trinajstić information content (AvgIpc) is 3.17. The molecule has 0 aliphatic carbocycles. The molecule has 0 radical (unpaired) electrons. The zero-order valence-electron chi connectivity index (χ0n) is 19.7. The lowest BCUT2D eigenvalue weighted by atomic mass is 9.94. The molecule has 0 saturated carbocycles. The van der Waals surface area contributed by atoms with Gasteiger partial charge in [0.05, 0.1) is 10.6 Å². The van der Waals surface area contributed by atoms with Crippen molar-refractivity contribution in [2.45, 2.75) is 45.1 Å². The summed E-state index contributed by atoms with van der Waals surface area (Å²) in [5, 5.41) is 0.522. The molecule has 1 N–H and O–H groups in total. The van der Waals surface area contributed by atoms with Crippen LogP contribution < -0.4 is 5.56 Å². The van der Waals surface area contributed by atoms with Crippen molar-refractivity contribution in [2.24, 2.45) is 5.92 Å². The summed E-state index contributed by atoms with van der Waals surface area (Å²) in [4.78, 5) is 32.4. The van der Waals surface area contributed by atoms with Crippen LogP contribution in [-0.4, -0.2) is 57.3 Å². The second-order valence-corrected chi connectivity index (χ2v) is 10.6. The van der Waals surface area contributed by atoms with Crippen molar-refractivity contribution in [3.63, 3.8) is 0 Å². The molecule has 2 aliphatic heterocycles. The van der Waals surface area contributed by atoms with Crippen LogP contribution in [0.15, 0.2) is 35.3 Å². The Labute approximate surface area is 213 Å². The highest BCUT2D eigenvalue weighted by Gasteiger charge is 2.30. The highest BCUT2D eigenvalue weighted by molar-refractivity contribution is 6.42. The van der Waals surface area contributed by atoms with Gasteiger partial charge in [-0.1, -0.05) is 36.2 Å². The molecule has 2 fully saturated rings. The van der Waals surface area contributed by atoms with Gasteiger partial charge in [0.2, 0.25) is 0 Å². The number of carbonyl (C=O) groups is 1. The zero-order chi connectivity index (χ0) is 24.7. The first-order valence-electron chi connectivity index (χ1n) is 12.2. The number of amides is 1. The van der Waals surface area contributed by atoms with Gasteiger partial charge in [0, 0.05) is 37.4 Å². The summed E-state index contributed by atoms with van der Waals surface area (Å²) in [6, 6.07) is 6.60. The summed E-state index contributed by atoms with van der Waals surface area (Å²) in [5.41, 5.74) is 1.52. The van der Waals surface area contributed by atoms with E-state index in [2.05, 4.69) is 16.8 Å². The van der Waals surface area contributed by atoms with Crippen LogP contribution in [0.5, 0.6) is 0 Å². The second-order valence-electron chi connectivity index (χ2n) is 9.85. The van der Waals surface area contributed by atoms with Crippen molar-refractivity contribution < 1.29 is 9.18 Å². The number of aromatic nitrogens is 2. The lowest BCUT2D eigenvalue weighted by molar-refractivity contribution is 0.0556. The van der Waals surface area contributed by atoms with Crippen LogP contribution in [0, 0.1) is 11.7 Å². The van der Waals surface area contributed by atoms with E-state index >= 15 is 0 Å². The molecule has 0 spiro atoms. The Bertz CT molecular complexity index is 1300. The van der Waals surface area contributed by atoms with Crippen molar-refractivity contribution in [3.8, 4) is 0 Å². The summed E-state index contributed by atoms with van der Waals surface area (Å²) in [6.07, 6.45) is 6.22. The fourth-order valence-electron chi connectivity index (χ4n) is 5.38. The summed E-state index contributed by atoms with van der Waals surface area (Å²) in [7, 11) is 0. The number of aromatic amines is 1. The number of halogens is 3. The Morgan fingerprint density at radius 1 is 1.09 bits per heavy atom. The Morgan fingerprint density at radius 3 is 2.51 bits per heavy atom. The van der Waals surface area contributed by atoms with E-state index in [1.807, 2.05) is 0 Å². The molecule has 186 valence electrons. The van der Waals surface area contributed by atoms with E-state index in [1.165, 1.54) is 25.0 Å². The molecule has 1 aromatic carbocycles. The third kappa shape index (κ3) is 4.86. The summed E-state index contributed by atoms with van der Waals surface area (Å²) < 4.78 is 16.3. The van der Waals surface area contributed by atoms with Crippen LogP contribution in [0.25, 0.3) is 5.52 Å². The van der Waals surface area contributed by atoms with E-state index in [0.29, 0.717) is 36.8 Å². The van der Waals surface area contributed by atoms with Gasteiger partial charge in [-0.05, 0) is 68.5 Å². The minimum absolute atomic E-state index is 0.0741. The first kappa shape index (κ1) is 24.3. The number of piperidine rings is 2. The fourth-order valence-corrected chi connectivity index (χ4v) is 5.82. The standard InChI is InChI=1S/C26H29Cl2FN4O2/c1-16-4-8-31(9-5-16)18-6-10-32(11-7-18)26(35)20-13-17(2-3-22(20)29)12-19-15-30-25(34)23-14-21(27)24(28)33(19)23/h2-3,13-16,18H,4-12H2,1H3,(H,30,34). The molecular formula is C26H29Cl2FN4O2. The minimum Gasteiger partial charge on any atom is -0.338 e. The number of hydrogen-bond donors (Lipinski definition) is 1. The van der Waals surface area contributed by atoms with Gasteiger partial charge in [0.1, 0.15) is 16.5 Å². The molecule has 0 unspecified atom stereocenters. The predicted molar refractivity (Wildman–Crippen MR) is 136 cm³/mol. The molecule has 2 saturated heterocycles. The van der Waals surface area contributed by atoms with Crippen LogP contribution >= 0.6 is 23.2 Å². The number of fused-ring (bicyclic) bond motifs is 1. The average molecular weight is 519 g/mol. The number of rotatable bonds is 4. The molecule has 5 rings (SSSR count). The molecular weight excluding hydrogens is 490 g/mol. The van der Waals surface area contributed by atoms with Gasteiger partial charge < -0.3 is 14.8 Å². The lowest BCUT2D eigenvalue weighted by Crippen LogP contribution is -2.49. The maximum Gasteiger partial charge on any atom is 0.272 e. The Balaban J connectivity index is 1.31. The smallest absolute Gasteiger partial charge is 0.272 e. The fraction of sp³-hybridized carbons (Fsp3) is 0.462. The van der Waals surface area contributed by atoms with Gasteiger partial charge in [-0.15, -0.1) is 0 Å². The molecule has 4 heterocycles. The first-order valence-corrected chi connectivity index (χ1v) is 13.0. The van der Waals surface area contributed by atoms with Gasteiger partial charge in [-0.25, -0.2) is 4.39 Å². The van der Waals surface area contributed by atoms with Gasteiger partial charge in [-0.2, -0.15) is 0 Å². The minimum atomic E-state index is -0.528. The zero-order valence-corrected chi connectivity index (χ0v) is 21.2. The van der Waals surface area contributed by atoms with E-state index in [1.54, 1.807) is 27.6 Å². The maximum atomic E-state index is 14.7. The second kappa shape index (κ2) is 9.96. The van der Waals surface area contributed by atoms with Crippen LogP contribution in [0.4, 0.5) is 4.39 Å². The monoisotopic (exact) mass is 518 g/mol. The van der Waals surface area contributed by atoms with Crippen molar-refractivity contribution >= 4 is 34.6 Å². The summed E-state index contributed by atoms with van der Waals surface area (Å²) >= 11 is 12.5. The van der Waals surface area contributed by atoms with Gasteiger partial charge >= 0.3 is 0 Å². The van der Waals surface area contributed by atoms with Crippen LogP contribution in [0.3, 0.4) is 0 Å². The van der Waals surface area contributed by atoms with Gasteiger partial charge in [0.15, 0.2) is 0 Å². The summed E-state index contributed by atoms with van der Waals surface area (Å²) in [6.45, 7) is 5.84. The van der Waals surface area contributed by atoms with Crippen molar-refractivity contribution in [2.75, 3.05) is 26.2 Å². The van der Waals surface area contributed by atoms with Crippen LogP contribution in [0.2, 0.25) is 10.2 Å². The molecule has 0 atom stereocenters. The number of benzene rings is 1. The molecule has 3 aromatic rings. The highest BCUT2D eigenvalue weighted by atomic mass is 35.5. The van der Waals surface area contributed by atoms with Crippen molar-refractivity contribution in [1.82, 2.24) is 19.2 Å². The van der Waals surface area contributed by atoms with Gasteiger partial charge in [0.25, 0.3) is 11.5 Å². The largest absolute Gasteiger partial charge is 0.338 e. The quantitative estimate of drug-likeness (QED) is 0.528. The predicted octanol–water partition coefficient (Wildman–Crippen LogP) is 5.00. The maximum absolute atomic E-state index is 14.7. The van der Waals surface area contributed by atoms with Gasteiger partial charge in [-0.3, -0.25) is 14.0 Å². The number of H-pyrrole nitrogens is 1. The number of nitrogens with one attached hydrogen (secondary N) is 1. The number of nitrogens with zero attached hydrogens (tertiary/aromatic N) is 3. The Hall–Kier alpha value is -2.35. The number of carbonyl (C=O) groups excluding carboxylic acids is 1. The molecule has 2 aromatic heterocycles. The Kier molecular flexibility index (Phi) is 6.93. The van der Waals surface area contributed by atoms with E-state index in [-0.39, 0.29) is 27.2 Å². The normalized spacial score (nSPS) is 18.5. The molecule has 6 nitrogen and oxygen atoms in total. The van der Waals surface area contributed by atoms with Crippen molar-refractivity contribution in [3.05, 3.63) is 73.6 Å². The highest BCUT2D eigenvalue weighted by Crippen LogP contribution is 2.28. The molecule has 1 amide bonds. The molecule has 9 heteroatoms. The molecule has 0 bridgehead atoms. The summed E-state index contributed by atoms with van der Waals surface area (Å²) in [5.74, 6) is -0.0100. The first-order chi connectivity index (χ1) is 16.8. The van der Waals surface area contributed by atoms with E-state index in [9.17, 15) is 14.0 Å². The molecule has 2 aliphatic rings. The third-order valence-corrected chi connectivity index (χ3v) is 8.28. The van der Waals surface area contributed by atoms with E-state index in [0.717, 1.165) is 37.4 Å². The van der Waals surface area contributed by atoms with Crippen LogP contribution in [0.1, 0.15) is 54.2 Å². The topological polar surface area (TPSA) is 60.8 Å². The van der Waals surface area contributed by atoms with Crippen molar-refractivity contribution in [1.29, 1.82) is 0 Å². The number of hydrogen-bond acceptors (Lipinski definition) is 3. The Morgan fingerprint density at radius 2 is 1.80 bits per heavy atom. The number of likely N-dealkylation sites (tertiary alicyclic amines) is 2. The SMILES string of the molecule is CC1CCN(C2CCN(C(=O)c3cc(Cc4c[nH]c(=O)c5cc(Cl)c(Cl)n45)ccc3F)CC2)CC1. The van der Waals surface area contributed by atoms with E-state index in [4.69, 9.17) is 23.2 Å². The third-order valence-electron chi connectivity index (χ3n) is 7.52. The van der Waals surface area contributed by atoms with E-state index < -0.39 is 5.82 Å². The van der Waals surface area contributed by atoms with Crippen LogP contribution in [-0.2, 0) is 6.42 Å². The molecule has 35 heavy (non-hydrogen) atoms. The lowest BCUT2D eigenvalue weighted by Gasteiger charge is -2.41.